The number of amides is 1. The van der Waals surface area contributed by atoms with Crippen LogP contribution >= 0.6 is 0 Å². The van der Waals surface area contributed by atoms with E-state index in [0.717, 1.165) is 17.7 Å². The number of hydrogen-bond donors (Lipinski definition) is 2. The van der Waals surface area contributed by atoms with Crippen molar-refractivity contribution in [3.05, 3.63) is 53.1 Å². The van der Waals surface area contributed by atoms with Crippen LogP contribution < -0.4 is 19.5 Å². The van der Waals surface area contributed by atoms with Crippen LogP contribution in [-0.2, 0) is 11.2 Å². The van der Waals surface area contributed by atoms with Gasteiger partial charge in [-0.2, -0.15) is 0 Å². The second-order valence-corrected chi connectivity index (χ2v) is 7.28. The molecule has 1 aliphatic heterocycles. The SMILES string of the molecule is COc1cc(C(=O)NC(C(=O)O)c2ccc3c(c2)CCO3)ccc1OCC(C)C. The van der Waals surface area contributed by atoms with E-state index in [1.54, 1.807) is 36.4 Å². The van der Waals surface area contributed by atoms with E-state index in [0.29, 0.717) is 36.2 Å². The van der Waals surface area contributed by atoms with E-state index in [1.165, 1.54) is 7.11 Å². The van der Waals surface area contributed by atoms with Crippen LogP contribution in [0, 0.1) is 5.92 Å². The van der Waals surface area contributed by atoms with Crippen molar-refractivity contribution < 1.29 is 28.9 Å². The summed E-state index contributed by atoms with van der Waals surface area (Å²) in [5.41, 5.74) is 1.73. The van der Waals surface area contributed by atoms with Gasteiger partial charge in [0.05, 0.1) is 20.3 Å². The van der Waals surface area contributed by atoms with Gasteiger partial charge in [0, 0.05) is 12.0 Å². The average molecular weight is 399 g/mol. The molecule has 0 aliphatic carbocycles. The van der Waals surface area contributed by atoms with Gasteiger partial charge in [0.25, 0.3) is 5.91 Å². The molecule has 2 aromatic rings. The minimum absolute atomic E-state index is 0.287. The normalized spacial score (nSPS) is 13.4. The van der Waals surface area contributed by atoms with E-state index in [9.17, 15) is 14.7 Å². The van der Waals surface area contributed by atoms with E-state index in [2.05, 4.69) is 5.32 Å². The number of carboxylic acid groups (broad SMARTS) is 1. The fourth-order valence-corrected chi connectivity index (χ4v) is 3.07. The molecule has 7 nitrogen and oxygen atoms in total. The van der Waals surface area contributed by atoms with Gasteiger partial charge in [0.15, 0.2) is 17.5 Å². The third-order valence-electron chi connectivity index (χ3n) is 4.57. The van der Waals surface area contributed by atoms with E-state index in [-0.39, 0.29) is 5.56 Å². The number of aliphatic carboxylic acids is 1. The molecule has 0 spiro atoms. The lowest BCUT2D eigenvalue weighted by atomic mass is 10.0. The Balaban J connectivity index is 1.79. The maximum Gasteiger partial charge on any atom is 0.330 e. The van der Waals surface area contributed by atoms with Crippen LogP contribution in [0.4, 0.5) is 0 Å². The van der Waals surface area contributed by atoms with Gasteiger partial charge in [0.1, 0.15) is 5.75 Å². The van der Waals surface area contributed by atoms with Gasteiger partial charge >= 0.3 is 5.97 Å². The van der Waals surface area contributed by atoms with Gasteiger partial charge in [-0.15, -0.1) is 0 Å². The Hall–Kier alpha value is -3.22. The number of rotatable bonds is 8. The van der Waals surface area contributed by atoms with Gasteiger partial charge in [-0.05, 0) is 47.4 Å². The zero-order valence-corrected chi connectivity index (χ0v) is 16.7. The summed E-state index contributed by atoms with van der Waals surface area (Å²) < 4.78 is 16.5. The standard InChI is InChI=1S/C22H25NO6/c1-13(2)12-29-18-7-5-16(11-19(18)27-3)21(24)23-20(22(25)26)15-4-6-17-14(10-15)8-9-28-17/h4-7,10-11,13,20H,8-9,12H2,1-3H3,(H,23,24)(H,25,26). The predicted molar refractivity (Wildman–Crippen MR) is 107 cm³/mol. The van der Waals surface area contributed by atoms with Gasteiger partial charge in [-0.1, -0.05) is 19.9 Å². The molecule has 0 saturated heterocycles. The Labute approximate surface area is 169 Å². The highest BCUT2D eigenvalue weighted by Gasteiger charge is 2.25. The topological polar surface area (TPSA) is 94.1 Å². The van der Waals surface area contributed by atoms with Gasteiger partial charge in [-0.25, -0.2) is 4.79 Å². The number of carbonyl (C=O) groups excluding carboxylic acids is 1. The van der Waals surface area contributed by atoms with Crippen molar-refractivity contribution in [3.8, 4) is 17.2 Å². The largest absolute Gasteiger partial charge is 0.493 e. The predicted octanol–water partition coefficient (Wildman–Crippen LogP) is 3.22. The van der Waals surface area contributed by atoms with Crippen LogP contribution in [-0.4, -0.2) is 37.3 Å². The van der Waals surface area contributed by atoms with Crippen LogP contribution in [0.15, 0.2) is 36.4 Å². The molecule has 29 heavy (non-hydrogen) atoms. The summed E-state index contributed by atoms with van der Waals surface area (Å²) in [7, 11) is 1.49. The number of hydrogen-bond acceptors (Lipinski definition) is 5. The molecule has 1 aliphatic rings. The Morgan fingerprint density at radius 1 is 1.17 bits per heavy atom. The van der Waals surface area contributed by atoms with Crippen molar-refractivity contribution in [2.75, 3.05) is 20.3 Å². The van der Waals surface area contributed by atoms with Crippen molar-refractivity contribution in [2.24, 2.45) is 5.92 Å². The third-order valence-corrected chi connectivity index (χ3v) is 4.57. The lowest BCUT2D eigenvalue weighted by Gasteiger charge is -2.17. The van der Waals surface area contributed by atoms with Crippen LogP contribution in [0.5, 0.6) is 17.2 Å². The molecule has 154 valence electrons. The highest BCUT2D eigenvalue weighted by atomic mass is 16.5. The molecule has 0 aromatic heterocycles. The number of carboxylic acids is 1. The average Bonchev–Trinajstić information content (AvgIpc) is 3.17. The number of fused-ring (bicyclic) bond motifs is 1. The van der Waals surface area contributed by atoms with Crippen molar-refractivity contribution in [2.45, 2.75) is 26.3 Å². The Bertz CT molecular complexity index is 908. The van der Waals surface area contributed by atoms with Crippen LogP contribution in [0.25, 0.3) is 0 Å². The number of carbonyl (C=O) groups is 2. The molecule has 0 radical (unpaired) electrons. The van der Waals surface area contributed by atoms with Gasteiger partial charge in [-0.3, -0.25) is 4.79 Å². The van der Waals surface area contributed by atoms with Crippen molar-refractivity contribution in [1.82, 2.24) is 5.32 Å². The molecule has 3 rings (SSSR count). The molecular formula is C22H25NO6. The van der Waals surface area contributed by atoms with Gasteiger partial charge in [0.2, 0.25) is 0 Å². The fourth-order valence-electron chi connectivity index (χ4n) is 3.07. The summed E-state index contributed by atoms with van der Waals surface area (Å²) in [5.74, 6) is 0.401. The molecule has 1 unspecified atom stereocenters. The number of nitrogens with one attached hydrogen (secondary N) is 1. The fraction of sp³-hybridized carbons (Fsp3) is 0.364. The number of benzene rings is 2. The first-order valence-electron chi connectivity index (χ1n) is 9.49. The Morgan fingerprint density at radius 2 is 1.97 bits per heavy atom. The molecule has 0 fully saturated rings. The Kier molecular flexibility index (Phi) is 6.26. The Morgan fingerprint density at radius 3 is 2.66 bits per heavy atom. The lowest BCUT2D eigenvalue weighted by molar-refractivity contribution is -0.139. The molecule has 2 N–H and O–H groups in total. The summed E-state index contributed by atoms with van der Waals surface area (Å²) in [6.45, 7) is 5.16. The molecule has 2 aromatic carbocycles. The smallest absolute Gasteiger partial charge is 0.330 e. The minimum Gasteiger partial charge on any atom is -0.493 e. The minimum atomic E-state index is -1.17. The lowest BCUT2D eigenvalue weighted by Crippen LogP contribution is -2.33. The molecule has 0 bridgehead atoms. The highest BCUT2D eigenvalue weighted by molar-refractivity contribution is 5.97. The molecule has 0 saturated carbocycles. The van der Waals surface area contributed by atoms with E-state index in [1.807, 2.05) is 13.8 Å². The quantitative estimate of drug-likeness (QED) is 0.708. The number of ether oxygens (including phenoxy) is 3. The zero-order chi connectivity index (χ0) is 21.0. The molecule has 1 amide bonds. The first kappa shape index (κ1) is 20.5. The van der Waals surface area contributed by atoms with E-state index in [4.69, 9.17) is 14.2 Å². The van der Waals surface area contributed by atoms with Crippen LogP contribution in [0.2, 0.25) is 0 Å². The second-order valence-electron chi connectivity index (χ2n) is 7.28. The molecular weight excluding hydrogens is 374 g/mol. The summed E-state index contributed by atoms with van der Waals surface area (Å²) in [5, 5.41) is 12.2. The van der Waals surface area contributed by atoms with Crippen LogP contribution in [0.1, 0.15) is 41.4 Å². The van der Waals surface area contributed by atoms with Crippen molar-refractivity contribution in [3.63, 3.8) is 0 Å². The monoisotopic (exact) mass is 399 g/mol. The van der Waals surface area contributed by atoms with Gasteiger partial charge < -0.3 is 24.6 Å². The van der Waals surface area contributed by atoms with Crippen LogP contribution in [0.3, 0.4) is 0 Å². The maximum absolute atomic E-state index is 12.7. The highest BCUT2D eigenvalue weighted by Crippen LogP contribution is 2.30. The first-order chi connectivity index (χ1) is 13.9. The third kappa shape index (κ3) is 4.80. The molecule has 1 atom stereocenters. The zero-order valence-electron chi connectivity index (χ0n) is 16.7. The molecule has 7 heteroatoms. The summed E-state index contributed by atoms with van der Waals surface area (Å²) in [4.78, 5) is 24.5. The summed E-state index contributed by atoms with van der Waals surface area (Å²) in [6.07, 6.45) is 0.721. The second kappa shape index (κ2) is 8.86. The number of methoxy groups -OCH3 is 1. The summed E-state index contributed by atoms with van der Waals surface area (Å²) in [6, 6.07) is 8.78. The first-order valence-corrected chi connectivity index (χ1v) is 9.49. The summed E-state index contributed by atoms with van der Waals surface area (Å²) >= 11 is 0. The van der Waals surface area contributed by atoms with Crippen molar-refractivity contribution >= 4 is 11.9 Å². The molecule has 1 heterocycles. The van der Waals surface area contributed by atoms with E-state index >= 15 is 0 Å². The maximum atomic E-state index is 12.7. The van der Waals surface area contributed by atoms with E-state index < -0.39 is 17.9 Å². The van der Waals surface area contributed by atoms with Crippen molar-refractivity contribution in [1.29, 1.82) is 0 Å².